The molecule has 0 fully saturated rings. The molecule has 1 aromatic carbocycles. The summed E-state index contributed by atoms with van der Waals surface area (Å²) in [5.74, 6) is -1.59. The Labute approximate surface area is 223 Å². The Bertz CT molecular complexity index is 1450. The van der Waals surface area contributed by atoms with E-state index in [9.17, 15) is 31.5 Å². The molecule has 3 aromatic heterocycles. The van der Waals surface area contributed by atoms with Gasteiger partial charge in [0.05, 0.1) is 36.7 Å². The molecule has 1 atom stereocenters. The fourth-order valence-corrected chi connectivity index (χ4v) is 3.46. The standard InChI is InChI=1S/C24H22F5N9O2/c25-17-3-1-15(2-4-17)10-31-22(39)20-13-37(35-33-20)8-6-18(26)12-38-14-21(34-36-38)23(40)32-11-19-9-16(5-7-30-19)24(27,28)29/h1-5,7,9,13-14,18H,6,8,10-12H2,(H,31,39)(H,32,40). The molecule has 40 heavy (non-hydrogen) atoms. The smallest absolute Gasteiger partial charge is 0.347 e. The van der Waals surface area contributed by atoms with E-state index in [1.807, 2.05) is 0 Å². The highest BCUT2D eigenvalue weighted by Gasteiger charge is 2.30. The molecule has 0 aliphatic rings. The lowest BCUT2D eigenvalue weighted by atomic mass is 10.2. The van der Waals surface area contributed by atoms with Crippen molar-refractivity contribution in [2.45, 2.75) is 44.9 Å². The lowest BCUT2D eigenvalue weighted by Gasteiger charge is -2.08. The zero-order valence-electron chi connectivity index (χ0n) is 20.6. The van der Waals surface area contributed by atoms with E-state index in [1.165, 1.54) is 41.3 Å². The van der Waals surface area contributed by atoms with Crippen LogP contribution in [0.5, 0.6) is 0 Å². The van der Waals surface area contributed by atoms with Gasteiger partial charge >= 0.3 is 6.18 Å². The summed E-state index contributed by atoms with van der Waals surface area (Å²) < 4.78 is 68.4. The molecule has 2 amide bonds. The highest BCUT2D eigenvalue weighted by Crippen LogP contribution is 2.28. The number of alkyl halides is 4. The van der Waals surface area contributed by atoms with Gasteiger partial charge in [0.15, 0.2) is 11.4 Å². The number of nitrogens with one attached hydrogen (secondary N) is 2. The summed E-state index contributed by atoms with van der Waals surface area (Å²) in [4.78, 5) is 28.3. The van der Waals surface area contributed by atoms with Gasteiger partial charge in [-0.05, 0) is 29.8 Å². The molecular weight excluding hydrogens is 541 g/mol. The molecule has 2 N–H and O–H groups in total. The van der Waals surface area contributed by atoms with Crippen molar-refractivity contribution in [3.05, 3.63) is 89.0 Å². The monoisotopic (exact) mass is 563 g/mol. The van der Waals surface area contributed by atoms with Crippen LogP contribution in [0, 0.1) is 5.82 Å². The second-order valence-corrected chi connectivity index (χ2v) is 8.60. The number of aromatic nitrogens is 7. The molecule has 0 saturated heterocycles. The van der Waals surface area contributed by atoms with Crippen molar-refractivity contribution in [2.24, 2.45) is 0 Å². The largest absolute Gasteiger partial charge is 0.416 e. The molecule has 4 aromatic rings. The van der Waals surface area contributed by atoms with Crippen molar-refractivity contribution in [3.8, 4) is 0 Å². The molecule has 0 radical (unpaired) electrons. The van der Waals surface area contributed by atoms with Crippen molar-refractivity contribution in [3.63, 3.8) is 0 Å². The van der Waals surface area contributed by atoms with Gasteiger partial charge in [0.2, 0.25) is 0 Å². The summed E-state index contributed by atoms with van der Waals surface area (Å²) in [6, 6.07) is 7.28. The Morgan fingerprint density at radius 2 is 1.52 bits per heavy atom. The van der Waals surface area contributed by atoms with E-state index in [0.717, 1.165) is 23.0 Å². The maximum absolute atomic E-state index is 14.5. The second kappa shape index (κ2) is 12.4. The van der Waals surface area contributed by atoms with Crippen LogP contribution in [0.2, 0.25) is 0 Å². The van der Waals surface area contributed by atoms with Crippen LogP contribution >= 0.6 is 0 Å². The van der Waals surface area contributed by atoms with Gasteiger partial charge in [-0.3, -0.25) is 19.3 Å². The Morgan fingerprint density at radius 3 is 2.20 bits per heavy atom. The molecule has 0 spiro atoms. The van der Waals surface area contributed by atoms with Crippen LogP contribution in [-0.4, -0.2) is 53.0 Å². The van der Waals surface area contributed by atoms with Crippen LogP contribution in [0.1, 0.15) is 44.2 Å². The average molecular weight is 563 g/mol. The van der Waals surface area contributed by atoms with Crippen LogP contribution in [0.3, 0.4) is 0 Å². The highest BCUT2D eigenvalue weighted by atomic mass is 19.4. The molecule has 11 nitrogen and oxygen atoms in total. The van der Waals surface area contributed by atoms with Gasteiger partial charge in [-0.15, -0.1) is 10.2 Å². The lowest BCUT2D eigenvalue weighted by Crippen LogP contribution is -2.24. The van der Waals surface area contributed by atoms with E-state index >= 15 is 0 Å². The zero-order valence-corrected chi connectivity index (χ0v) is 20.6. The van der Waals surface area contributed by atoms with Gasteiger partial charge < -0.3 is 10.6 Å². The minimum atomic E-state index is -4.54. The Hall–Kier alpha value is -4.76. The van der Waals surface area contributed by atoms with Crippen molar-refractivity contribution in [1.82, 2.24) is 45.6 Å². The molecule has 0 saturated carbocycles. The number of halogens is 5. The van der Waals surface area contributed by atoms with E-state index in [2.05, 4.69) is 36.2 Å². The first-order valence-corrected chi connectivity index (χ1v) is 11.8. The van der Waals surface area contributed by atoms with Crippen molar-refractivity contribution in [2.75, 3.05) is 0 Å². The third kappa shape index (κ3) is 7.87. The van der Waals surface area contributed by atoms with Crippen molar-refractivity contribution >= 4 is 11.8 Å². The summed E-state index contributed by atoms with van der Waals surface area (Å²) in [5.41, 5.74) is -0.305. The fourth-order valence-electron chi connectivity index (χ4n) is 3.46. The predicted octanol–water partition coefficient (Wildman–Crippen LogP) is 2.71. The summed E-state index contributed by atoms with van der Waals surface area (Å²) in [7, 11) is 0. The molecule has 16 heteroatoms. The summed E-state index contributed by atoms with van der Waals surface area (Å²) >= 11 is 0. The number of rotatable bonds is 11. The Kier molecular flexibility index (Phi) is 8.76. The Morgan fingerprint density at radius 1 is 0.900 bits per heavy atom. The van der Waals surface area contributed by atoms with Crippen LogP contribution in [-0.2, 0) is 32.4 Å². The average Bonchev–Trinajstić information content (AvgIpc) is 3.60. The zero-order chi connectivity index (χ0) is 28.7. The Balaban J connectivity index is 1.21. The topological polar surface area (TPSA) is 133 Å². The first kappa shape index (κ1) is 28.3. The first-order chi connectivity index (χ1) is 19.1. The van der Waals surface area contributed by atoms with Crippen LogP contribution in [0.25, 0.3) is 0 Å². The molecule has 0 aliphatic carbocycles. The molecule has 3 heterocycles. The minimum Gasteiger partial charge on any atom is -0.347 e. The van der Waals surface area contributed by atoms with E-state index in [-0.39, 0.29) is 55.5 Å². The van der Waals surface area contributed by atoms with E-state index < -0.39 is 29.7 Å². The van der Waals surface area contributed by atoms with Gasteiger partial charge in [-0.25, -0.2) is 13.5 Å². The number of pyridine rings is 1. The third-order valence-electron chi connectivity index (χ3n) is 5.54. The molecule has 210 valence electrons. The number of carbonyl (C=O) groups excluding carboxylic acids is 2. The van der Waals surface area contributed by atoms with Crippen LogP contribution < -0.4 is 10.6 Å². The normalized spacial score (nSPS) is 12.2. The van der Waals surface area contributed by atoms with Crippen molar-refractivity contribution < 1.29 is 31.5 Å². The molecule has 1 unspecified atom stereocenters. The van der Waals surface area contributed by atoms with Gasteiger partial charge in [0.1, 0.15) is 12.0 Å². The van der Waals surface area contributed by atoms with E-state index in [1.54, 1.807) is 0 Å². The number of aryl methyl sites for hydroxylation is 1. The summed E-state index contributed by atoms with van der Waals surface area (Å²) in [5, 5.41) is 20.0. The van der Waals surface area contributed by atoms with Gasteiger partial charge in [-0.2, -0.15) is 13.2 Å². The fraction of sp³-hybridized carbons (Fsp3) is 0.292. The van der Waals surface area contributed by atoms with Crippen molar-refractivity contribution in [1.29, 1.82) is 0 Å². The minimum absolute atomic E-state index is 0.000942. The maximum Gasteiger partial charge on any atom is 0.416 e. The number of amides is 2. The molecular formula is C24H22F5N9O2. The van der Waals surface area contributed by atoms with Crippen LogP contribution in [0.4, 0.5) is 22.0 Å². The van der Waals surface area contributed by atoms with Crippen LogP contribution in [0.15, 0.2) is 55.0 Å². The van der Waals surface area contributed by atoms with E-state index in [4.69, 9.17) is 0 Å². The number of hydrogen-bond donors (Lipinski definition) is 2. The summed E-state index contributed by atoms with van der Waals surface area (Å²) in [6.07, 6.45) is -2.39. The number of hydrogen-bond acceptors (Lipinski definition) is 7. The van der Waals surface area contributed by atoms with Gasteiger partial charge in [0, 0.05) is 25.7 Å². The first-order valence-electron chi connectivity index (χ1n) is 11.8. The quantitative estimate of drug-likeness (QED) is 0.268. The predicted molar refractivity (Wildman–Crippen MR) is 128 cm³/mol. The lowest BCUT2D eigenvalue weighted by molar-refractivity contribution is -0.137. The van der Waals surface area contributed by atoms with Gasteiger partial charge in [0.25, 0.3) is 11.8 Å². The number of carbonyl (C=O) groups is 2. The van der Waals surface area contributed by atoms with E-state index in [0.29, 0.717) is 5.56 Å². The maximum atomic E-state index is 14.5. The van der Waals surface area contributed by atoms with Gasteiger partial charge in [-0.1, -0.05) is 22.6 Å². The molecule has 4 rings (SSSR count). The molecule has 0 aliphatic heterocycles. The summed E-state index contributed by atoms with van der Waals surface area (Å²) in [6.45, 7) is -0.231. The third-order valence-corrected chi connectivity index (χ3v) is 5.54. The molecule has 0 bridgehead atoms. The number of nitrogens with zero attached hydrogens (tertiary/aromatic N) is 7. The number of benzene rings is 1. The second-order valence-electron chi connectivity index (χ2n) is 8.60. The SMILES string of the molecule is O=C(NCc1ccc(F)cc1)c1cn(CCC(F)Cn2cc(C(=O)NCc3cc(C(F)(F)F)ccn3)nn2)nn1. The highest BCUT2D eigenvalue weighted by molar-refractivity contribution is 5.92.